The number of nitrogens with zero attached hydrogens (tertiary/aromatic N) is 2. The molecular weight excluding hydrogens is 957 g/mol. The smallest absolute Gasteiger partial charge is 0.138 e. The Labute approximate surface area is 458 Å². The first-order valence-electron chi connectivity index (χ1n) is 27.1. The van der Waals surface area contributed by atoms with E-state index in [1.54, 1.807) is 0 Å². The summed E-state index contributed by atoms with van der Waals surface area (Å²) in [5.74, 6) is 0. The van der Waals surface area contributed by atoms with Gasteiger partial charge in [0.1, 0.15) is 11.2 Å². The maximum Gasteiger partial charge on any atom is 0.138 e. The maximum atomic E-state index is 6.87. The Bertz CT molecular complexity index is 4580. The zero-order chi connectivity index (χ0) is 52.2. The molecule has 0 radical (unpaired) electrons. The molecule has 0 bridgehead atoms. The molecule has 370 valence electrons. The van der Waals surface area contributed by atoms with Gasteiger partial charge in [0, 0.05) is 55.7 Å². The van der Waals surface area contributed by atoms with Crippen LogP contribution in [0.5, 0.6) is 0 Å². The summed E-state index contributed by atoms with van der Waals surface area (Å²) in [6.45, 7) is 0. The van der Waals surface area contributed by atoms with E-state index in [-0.39, 0.29) is 0 Å². The van der Waals surface area contributed by atoms with E-state index >= 15 is 0 Å². The number of anilines is 6. The quantitative estimate of drug-likeness (QED) is 0.127. The summed E-state index contributed by atoms with van der Waals surface area (Å²) < 4.78 is 6.87. The normalized spacial score (nSPS) is 11.5. The molecule has 0 amide bonds. The van der Waals surface area contributed by atoms with Crippen LogP contribution in [0.15, 0.2) is 308 Å². The lowest BCUT2D eigenvalue weighted by Crippen LogP contribution is -2.11. The Balaban J connectivity index is 0.904. The summed E-state index contributed by atoms with van der Waals surface area (Å²) in [7, 11) is 0. The van der Waals surface area contributed by atoms with Gasteiger partial charge in [-0.3, -0.25) is 0 Å². The number of hydrogen-bond donors (Lipinski definition) is 0. The van der Waals surface area contributed by atoms with Gasteiger partial charge in [-0.25, -0.2) is 0 Å². The van der Waals surface area contributed by atoms with Gasteiger partial charge in [-0.2, -0.15) is 0 Å². The molecule has 15 rings (SSSR count). The molecule has 0 N–H and O–H groups in total. The van der Waals surface area contributed by atoms with E-state index in [1.807, 2.05) is 0 Å². The molecule has 0 saturated carbocycles. The Morgan fingerprint density at radius 2 is 0.582 bits per heavy atom. The first-order chi connectivity index (χ1) is 39.2. The van der Waals surface area contributed by atoms with Crippen molar-refractivity contribution < 1.29 is 4.42 Å². The van der Waals surface area contributed by atoms with Crippen LogP contribution in [0.1, 0.15) is 0 Å². The largest absolute Gasteiger partial charge is 0.456 e. The van der Waals surface area contributed by atoms with Gasteiger partial charge in [-0.1, -0.05) is 243 Å². The van der Waals surface area contributed by atoms with Crippen molar-refractivity contribution in [2.45, 2.75) is 0 Å². The fourth-order valence-corrected chi connectivity index (χ4v) is 12.1. The minimum absolute atomic E-state index is 0.855. The van der Waals surface area contributed by atoms with Gasteiger partial charge in [0.15, 0.2) is 0 Å². The minimum Gasteiger partial charge on any atom is -0.456 e. The van der Waals surface area contributed by atoms with Gasteiger partial charge in [0.05, 0.1) is 11.4 Å². The van der Waals surface area contributed by atoms with Crippen LogP contribution in [-0.2, 0) is 0 Å². The van der Waals surface area contributed by atoms with E-state index in [0.29, 0.717) is 0 Å². The Hall–Kier alpha value is -10.5. The molecule has 0 aliphatic heterocycles. The molecular formula is C76H50N2O. The number of rotatable bonds is 10. The number of furan rings is 1. The zero-order valence-corrected chi connectivity index (χ0v) is 43.2. The van der Waals surface area contributed by atoms with Crippen LogP contribution in [-0.4, -0.2) is 0 Å². The van der Waals surface area contributed by atoms with Gasteiger partial charge in [-0.05, 0) is 126 Å². The van der Waals surface area contributed by atoms with Crippen LogP contribution in [0.4, 0.5) is 34.1 Å². The molecule has 0 atom stereocenters. The lowest BCUT2D eigenvalue weighted by molar-refractivity contribution is 0.669. The summed E-state index contributed by atoms with van der Waals surface area (Å²) >= 11 is 0. The van der Waals surface area contributed by atoms with Crippen molar-refractivity contribution in [3.8, 4) is 44.5 Å². The third-order valence-corrected chi connectivity index (χ3v) is 15.8. The average molecular weight is 1010 g/mol. The highest BCUT2D eigenvalue weighted by Gasteiger charge is 2.25. The van der Waals surface area contributed by atoms with E-state index in [2.05, 4.69) is 313 Å². The zero-order valence-electron chi connectivity index (χ0n) is 43.2. The third kappa shape index (κ3) is 7.99. The van der Waals surface area contributed by atoms with Crippen LogP contribution in [0.3, 0.4) is 0 Å². The number of benzene rings is 14. The van der Waals surface area contributed by atoms with Gasteiger partial charge in [-0.15, -0.1) is 0 Å². The fourth-order valence-electron chi connectivity index (χ4n) is 12.1. The summed E-state index contributed by atoms with van der Waals surface area (Å²) in [6.07, 6.45) is 0. The summed E-state index contributed by atoms with van der Waals surface area (Å²) in [5, 5.41) is 11.6. The van der Waals surface area contributed by atoms with Crippen molar-refractivity contribution >= 4 is 99.2 Å². The number of fused-ring (bicyclic) bond motifs is 9. The monoisotopic (exact) mass is 1010 g/mol. The molecule has 0 saturated heterocycles. The van der Waals surface area contributed by atoms with E-state index in [9.17, 15) is 0 Å². The Morgan fingerprint density at radius 1 is 0.228 bits per heavy atom. The molecule has 14 aromatic carbocycles. The lowest BCUT2D eigenvalue weighted by Gasteiger charge is -2.30. The molecule has 0 aliphatic rings. The standard InChI is InChI=1S/C76H50N2O/c1-4-18-51(19-5-1)54-32-41-59(42-33-54)77(70-50-72-75(65-27-13-12-26-64(65)70)74-63-25-11-10-24-57(63)40-49-71(74)79-72)60-47-38-58(39-48-60)73-66-28-14-16-30-68(66)76(69-31-17-15-29-67(69)73)78(61-43-34-55(35-44-61)52-20-6-2-7-21-52)62-45-36-56(37-46-62)53-22-8-3-9-23-53/h1-50H. The molecule has 0 spiro atoms. The minimum atomic E-state index is 0.855. The highest BCUT2D eigenvalue weighted by Crippen LogP contribution is 2.50. The van der Waals surface area contributed by atoms with E-state index < -0.39 is 0 Å². The molecule has 0 unspecified atom stereocenters. The predicted octanol–water partition coefficient (Wildman–Crippen LogP) is 21.8. The summed E-state index contributed by atoms with van der Waals surface area (Å²) in [5.41, 5.74) is 17.6. The molecule has 0 aliphatic carbocycles. The maximum absolute atomic E-state index is 6.87. The number of hydrogen-bond acceptors (Lipinski definition) is 3. The molecule has 1 heterocycles. The van der Waals surface area contributed by atoms with Crippen molar-refractivity contribution in [2.75, 3.05) is 9.80 Å². The van der Waals surface area contributed by atoms with E-state index in [4.69, 9.17) is 4.42 Å². The van der Waals surface area contributed by atoms with E-state index in [1.165, 1.54) is 60.5 Å². The van der Waals surface area contributed by atoms with Crippen molar-refractivity contribution in [3.05, 3.63) is 303 Å². The van der Waals surface area contributed by atoms with Gasteiger partial charge < -0.3 is 14.2 Å². The lowest BCUT2D eigenvalue weighted by atomic mass is 9.89. The van der Waals surface area contributed by atoms with Gasteiger partial charge in [0.25, 0.3) is 0 Å². The molecule has 3 nitrogen and oxygen atoms in total. The van der Waals surface area contributed by atoms with Crippen molar-refractivity contribution in [2.24, 2.45) is 0 Å². The first kappa shape index (κ1) is 45.9. The predicted molar refractivity (Wildman–Crippen MR) is 335 cm³/mol. The summed E-state index contributed by atoms with van der Waals surface area (Å²) in [6, 6.07) is 110. The average Bonchev–Trinajstić information content (AvgIpc) is 3.93. The van der Waals surface area contributed by atoms with Crippen LogP contribution >= 0.6 is 0 Å². The SMILES string of the molecule is c1ccc(-c2ccc(N(c3ccc(-c4ccccc4)cc3)c3c4ccccc4c(-c4ccc(N(c5ccc(-c6ccccc6)cc5)c5cc6oc7ccc8ccccc8c7c6c6ccccc56)cc4)c4ccccc34)cc2)cc1. The second-order valence-corrected chi connectivity index (χ2v) is 20.3. The van der Waals surface area contributed by atoms with Crippen molar-refractivity contribution in [1.82, 2.24) is 0 Å². The Kier molecular flexibility index (Phi) is 11.2. The van der Waals surface area contributed by atoms with Crippen LogP contribution in [0.25, 0.3) is 110 Å². The fraction of sp³-hybridized carbons (Fsp3) is 0. The molecule has 3 heteroatoms. The van der Waals surface area contributed by atoms with Crippen LogP contribution < -0.4 is 9.80 Å². The molecule has 0 fully saturated rings. The van der Waals surface area contributed by atoms with Crippen LogP contribution in [0.2, 0.25) is 0 Å². The second-order valence-electron chi connectivity index (χ2n) is 20.3. The van der Waals surface area contributed by atoms with Crippen molar-refractivity contribution in [3.63, 3.8) is 0 Å². The third-order valence-electron chi connectivity index (χ3n) is 15.8. The molecule has 1 aromatic heterocycles. The van der Waals surface area contributed by atoms with Gasteiger partial charge in [0.2, 0.25) is 0 Å². The highest BCUT2D eigenvalue weighted by atomic mass is 16.3. The van der Waals surface area contributed by atoms with Crippen LogP contribution in [0, 0.1) is 0 Å². The molecule has 79 heavy (non-hydrogen) atoms. The topological polar surface area (TPSA) is 19.6 Å². The second kappa shape index (κ2) is 19.3. The van der Waals surface area contributed by atoms with Gasteiger partial charge >= 0.3 is 0 Å². The molecule has 15 aromatic rings. The van der Waals surface area contributed by atoms with E-state index in [0.717, 1.165) is 83.2 Å². The first-order valence-corrected chi connectivity index (χ1v) is 27.1. The highest BCUT2D eigenvalue weighted by molar-refractivity contribution is 6.28. The van der Waals surface area contributed by atoms with Crippen molar-refractivity contribution in [1.29, 1.82) is 0 Å². The Morgan fingerprint density at radius 3 is 1.06 bits per heavy atom. The summed E-state index contributed by atoms with van der Waals surface area (Å²) in [4.78, 5) is 4.85.